The van der Waals surface area contributed by atoms with E-state index in [1.165, 1.54) is 6.07 Å². The van der Waals surface area contributed by atoms with E-state index in [1.54, 1.807) is 7.11 Å². The summed E-state index contributed by atoms with van der Waals surface area (Å²) in [4.78, 5) is 12.3. The average molecular weight is 366 g/mol. The highest BCUT2D eigenvalue weighted by Crippen LogP contribution is 2.19. The Labute approximate surface area is 146 Å². The molecule has 6 nitrogen and oxygen atoms in total. The number of sulfonamides is 1. The third-order valence-electron chi connectivity index (χ3n) is 3.39. The number of anilines is 1. The van der Waals surface area contributed by atoms with Gasteiger partial charge in [0.2, 0.25) is 10.0 Å². The van der Waals surface area contributed by atoms with Crippen LogP contribution in [-0.4, -0.2) is 34.2 Å². The second-order valence-corrected chi connectivity index (χ2v) is 7.13. The molecule has 0 aliphatic rings. The van der Waals surface area contributed by atoms with Crippen molar-refractivity contribution in [3.05, 3.63) is 59.4 Å². The van der Waals surface area contributed by atoms with Crippen molar-refractivity contribution >= 4 is 21.6 Å². The molecule has 2 aromatic carbocycles. The van der Waals surface area contributed by atoms with Crippen molar-refractivity contribution in [2.45, 2.75) is 6.42 Å². The lowest BCUT2D eigenvalue weighted by atomic mass is 10.1. The van der Waals surface area contributed by atoms with Gasteiger partial charge in [-0.25, -0.2) is 12.8 Å². The fraction of sp³-hybridized carbons (Fsp3) is 0.235. The zero-order chi connectivity index (χ0) is 18.4. The van der Waals surface area contributed by atoms with Gasteiger partial charge < -0.3 is 10.1 Å². The molecule has 0 spiro atoms. The molecule has 0 saturated carbocycles. The van der Waals surface area contributed by atoms with Gasteiger partial charge >= 0.3 is 0 Å². The standard InChI is InChI=1S/C17H19FN2O4S/c1-24-16-6-4-3-5-12(16)9-10-19-17(21)14-11-13(18)7-8-15(14)20-25(2,22)23/h3-8,11,20H,9-10H2,1-2H3,(H,19,21). The molecule has 0 unspecified atom stereocenters. The summed E-state index contributed by atoms with van der Waals surface area (Å²) in [5.41, 5.74) is 0.864. The van der Waals surface area contributed by atoms with Gasteiger partial charge in [-0.05, 0) is 36.2 Å². The largest absolute Gasteiger partial charge is 0.496 e. The Balaban J connectivity index is 2.09. The summed E-state index contributed by atoms with van der Waals surface area (Å²) in [6.45, 7) is 0.286. The van der Waals surface area contributed by atoms with E-state index in [-0.39, 0.29) is 17.8 Å². The number of halogens is 1. The zero-order valence-corrected chi connectivity index (χ0v) is 14.7. The van der Waals surface area contributed by atoms with Crippen molar-refractivity contribution < 1.29 is 22.3 Å². The Hall–Kier alpha value is -2.61. The maximum atomic E-state index is 13.5. The van der Waals surface area contributed by atoms with Gasteiger partial charge in [0.15, 0.2) is 0 Å². The molecule has 2 rings (SSSR count). The van der Waals surface area contributed by atoms with Crippen LogP contribution in [0.5, 0.6) is 5.75 Å². The van der Waals surface area contributed by atoms with Gasteiger partial charge in [0.1, 0.15) is 11.6 Å². The van der Waals surface area contributed by atoms with Crippen molar-refractivity contribution in [3.8, 4) is 5.75 Å². The second-order valence-electron chi connectivity index (χ2n) is 5.38. The lowest BCUT2D eigenvalue weighted by molar-refractivity contribution is 0.0954. The van der Waals surface area contributed by atoms with Crippen LogP contribution in [0.3, 0.4) is 0 Å². The molecule has 0 aliphatic heterocycles. The summed E-state index contributed by atoms with van der Waals surface area (Å²) < 4.78 is 43.7. The lowest BCUT2D eigenvalue weighted by Gasteiger charge is -2.12. The third kappa shape index (κ3) is 5.46. The molecule has 0 aliphatic carbocycles. The van der Waals surface area contributed by atoms with Crippen LogP contribution in [0.15, 0.2) is 42.5 Å². The lowest BCUT2D eigenvalue weighted by Crippen LogP contribution is -2.27. The molecule has 2 N–H and O–H groups in total. The molecule has 0 saturated heterocycles. The minimum Gasteiger partial charge on any atom is -0.496 e. The highest BCUT2D eigenvalue weighted by Gasteiger charge is 2.15. The van der Waals surface area contributed by atoms with Crippen LogP contribution in [0.1, 0.15) is 15.9 Å². The van der Waals surface area contributed by atoms with Crippen molar-refractivity contribution in [3.63, 3.8) is 0 Å². The molecule has 134 valence electrons. The maximum absolute atomic E-state index is 13.5. The van der Waals surface area contributed by atoms with E-state index >= 15 is 0 Å². The zero-order valence-electron chi connectivity index (χ0n) is 13.9. The van der Waals surface area contributed by atoms with E-state index < -0.39 is 21.7 Å². The molecule has 1 amide bonds. The van der Waals surface area contributed by atoms with E-state index in [1.807, 2.05) is 24.3 Å². The first-order valence-corrected chi connectivity index (χ1v) is 9.37. The van der Waals surface area contributed by atoms with E-state index in [4.69, 9.17) is 4.74 Å². The number of benzene rings is 2. The van der Waals surface area contributed by atoms with Crippen LogP contribution in [0.25, 0.3) is 0 Å². The highest BCUT2D eigenvalue weighted by molar-refractivity contribution is 7.92. The third-order valence-corrected chi connectivity index (χ3v) is 3.98. The van der Waals surface area contributed by atoms with Gasteiger partial charge in [0.05, 0.1) is 24.6 Å². The van der Waals surface area contributed by atoms with Crippen LogP contribution in [0, 0.1) is 5.82 Å². The minimum atomic E-state index is -3.59. The Morgan fingerprint density at radius 1 is 1.20 bits per heavy atom. The summed E-state index contributed by atoms with van der Waals surface area (Å²) in [7, 11) is -2.02. The number of rotatable bonds is 7. The first-order chi connectivity index (χ1) is 11.8. The predicted octanol–water partition coefficient (Wildman–Crippen LogP) is 2.18. The van der Waals surface area contributed by atoms with Crippen molar-refractivity contribution in [2.24, 2.45) is 0 Å². The van der Waals surface area contributed by atoms with E-state index in [0.29, 0.717) is 12.2 Å². The molecular formula is C17H19FN2O4S. The van der Waals surface area contributed by atoms with Crippen molar-refractivity contribution in [1.29, 1.82) is 0 Å². The molecule has 0 bridgehead atoms. The van der Waals surface area contributed by atoms with Gasteiger partial charge in [-0.1, -0.05) is 18.2 Å². The first kappa shape index (κ1) is 18.7. The number of ether oxygens (including phenoxy) is 1. The first-order valence-electron chi connectivity index (χ1n) is 7.47. The average Bonchev–Trinajstić information content (AvgIpc) is 2.55. The Bertz CT molecular complexity index is 869. The number of methoxy groups -OCH3 is 1. The number of carbonyl (C=O) groups is 1. The number of hydrogen-bond donors (Lipinski definition) is 2. The van der Waals surface area contributed by atoms with Gasteiger partial charge in [-0.2, -0.15) is 0 Å². The summed E-state index contributed by atoms with van der Waals surface area (Å²) in [5, 5.41) is 2.66. The topological polar surface area (TPSA) is 84.5 Å². The van der Waals surface area contributed by atoms with Crippen LogP contribution in [-0.2, 0) is 16.4 Å². The number of amides is 1. The molecule has 0 atom stereocenters. The van der Waals surface area contributed by atoms with E-state index in [2.05, 4.69) is 10.0 Å². The predicted molar refractivity (Wildman–Crippen MR) is 93.9 cm³/mol. The maximum Gasteiger partial charge on any atom is 0.253 e. The molecule has 0 radical (unpaired) electrons. The number of carbonyl (C=O) groups excluding carboxylic acids is 1. The van der Waals surface area contributed by atoms with Crippen LogP contribution < -0.4 is 14.8 Å². The quantitative estimate of drug-likeness (QED) is 0.787. The summed E-state index contributed by atoms with van der Waals surface area (Å²) in [5.74, 6) is -0.489. The normalized spacial score (nSPS) is 11.0. The second kappa shape index (κ2) is 7.98. The van der Waals surface area contributed by atoms with Crippen LogP contribution >= 0.6 is 0 Å². The molecule has 0 fully saturated rings. The van der Waals surface area contributed by atoms with Crippen LogP contribution in [0.2, 0.25) is 0 Å². The molecule has 2 aromatic rings. The summed E-state index contributed by atoms with van der Waals surface area (Å²) in [6, 6.07) is 10.7. The molecule has 0 heterocycles. The van der Waals surface area contributed by atoms with E-state index in [0.717, 1.165) is 24.0 Å². The Morgan fingerprint density at radius 3 is 2.60 bits per heavy atom. The van der Waals surface area contributed by atoms with Crippen LogP contribution in [0.4, 0.5) is 10.1 Å². The van der Waals surface area contributed by atoms with Gasteiger partial charge in [-0.3, -0.25) is 9.52 Å². The summed E-state index contributed by atoms with van der Waals surface area (Å²) >= 11 is 0. The number of nitrogens with one attached hydrogen (secondary N) is 2. The minimum absolute atomic E-state index is 0.0266. The van der Waals surface area contributed by atoms with E-state index in [9.17, 15) is 17.6 Å². The SMILES string of the molecule is COc1ccccc1CCNC(=O)c1cc(F)ccc1NS(C)(=O)=O. The Morgan fingerprint density at radius 2 is 1.92 bits per heavy atom. The molecule has 8 heteroatoms. The van der Waals surface area contributed by atoms with Gasteiger partial charge in [0, 0.05) is 6.54 Å². The molecule has 0 aromatic heterocycles. The Kier molecular flexibility index (Phi) is 5.97. The molecule has 25 heavy (non-hydrogen) atoms. The monoisotopic (exact) mass is 366 g/mol. The van der Waals surface area contributed by atoms with Crippen molar-refractivity contribution in [2.75, 3.05) is 24.6 Å². The van der Waals surface area contributed by atoms with Gasteiger partial charge in [-0.15, -0.1) is 0 Å². The smallest absolute Gasteiger partial charge is 0.253 e. The highest BCUT2D eigenvalue weighted by atomic mass is 32.2. The van der Waals surface area contributed by atoms with Gasteiger partial charge in [0.25, 0.3) is 5.91 Å². The van der Waals surface area contributed by atoms with Crippen molar-refractivity contribution in [1.82, 2.24) is 5.32 Å². The summed E-state index contributed by atoms with van der Waals surface area (Å²) in [6.07, 6.45) is 1.47. The number of hydrogen-bond acceptors (Lipinski definition) is 4. The molecular weight excluding hydrogens is 347 g/mol. The fourth-order valence-electron chi connectivity index (χ4n) is 2.31. The number of para-hydroxylation sites is 1. The fourth-order valence-corrected chi connectivity index (χ4v) is 2.89.